The summed E-state index contributed by atoms with van der Waals surface area (Å²) in [6, 6.07) is 0. The lowest BCUT2D eigenvalue weighted by molar-refractivity contribution is -0.138. The van der Waals surface area contributed by atoms with Crippen LogP contribution in [0.3, 0.4) is 0 Å². The summed E-state index contributed by atoms with van der Waals surface area (Å²) in [6.07, 6.45) is 7.83. The molecule has 0 aromatic rings. The van der Waals surface area contributed by atoms with Gasteiger partial charge < -0.3 is 20.0 Å². The molecule has 0 saturated carbocycles. The standard InChI is InChI=1S/C7H14O2.C6H12O2.2C5H13N/c1-2-3-4-5-6-7(8)9;1-2-3-4-5-6(7)8;2*1-4-6(3)5-2/h2-6H2,1H3,(H,8,9);2-5H2,1H3,(H,7,8);2*4-5H2,1-3H3. The third kappa shape index (κ3) is 52.0. The Balaban J connectivity index is -0.000000146. The van der Waals surface area contributed by atoms with Gasteiger partial charge in [0.05, 0.1) is 0 Å². The zero-order chi connectivity index (χ0) is 23.5. The van der Waals surface area contributed by atoms with Gasteiger partial charge in [0.1, 0.15) is 0 Å². The van der Waals surface area contributed by atoms with Crippen molar-refractivity contribution in [2.45, 2.75) is 99.3 Å². The van der Waals surface area contributed by atoms with Crippen molar-refractivity contribution in [3.8, 4) is 0 Å². The molecule has 0 aromatic carbocycles. The Morgan fingerprint density at radius 1 is 0.552 bits per heavy atom. The van der Waals surface area contributed by atoms with Gasteiger partial charge in [0.15, 0.2) is 0 Å². The SMILES string of the molecule is CCCCCC(=O)O.CCCCCCC(=O)O.CCN(C)CC.CCN(C)CC. The second-order valence-electron chi connectivity index (χ2n) is 7.03. The van der Waals surface area contributed by atoms with Crippen LogP contribution in [0, 0.1) is 0 Å². The summed E-state index contributed by atoms with van der Waals surface area (Å²) in [6.45, 7) is 17.4. The largest absolute Gasteiger partial charge is 0.481 e. The van der Waals surface area contributed by atoms with Crippen LogP contribution in [0.15, 0.2) is 0 Å². The van der Waals surface area contributed by atoms with Gasteiger partial charge in [0, 0.05) is 12.8 Å². The average Bonchev–Trinajstić information content (AvgIpc) is 2.71. The molecule has 178 valence electrons. The lowest BCUT2D eigenvalue weighted by atomic mass is 10.2. The van der Waals surface area contributed by atoms with Gasteiger partial charge >= 0.3 is 11.9 Å². The van der Waals surface area contributed by atoms with Crippen LogP contribution in [-0.4, -0.2) is 72.2 Å². The van der Waals surface area contributed by atoms with Crippen molar-refractivity contribution in [2.24, 2.45) is 0 Å². The third-order valence-corrected chi connectivity index (χ3v) is 4.40. The molecular formula is C23H52N2O4. The average molecular weight is 421 g/mol. The van der Waals surface area contributed by atoms with E-state index >= 15 is 0 Å². The fraction of sp³-hybridized carbons (Fsp3) is 0.913. The Hall–Kier alpha value is -1.14. The zero-order valence-electron chi connectivity index (χ0n) is 20.8. The molecule has 0 unspecified atom stereocenters. The molecule has 2 N–H and O–H groups in total. The van der Waals surface area contributed by atoms with Gasteiger partial charge in [-0.2, -0.15) is 0 Å². The summed E-state index contributed by atoms with van der Waals surface area (Å²) in [5.74, 6) is -1.36. The Labute approximate surface area is 181 Å². The van der Waals surface area contributed by atoms with E-state index in [9.17, 15) is 9.59 Å². The normalized spacial score (nSPS) is 9.59. The number of rotatable bonds is 13. The predicted molar refractivity (Wildman–Crippen MR) is 126 cm³/mol. The molecule has 0 heterocycles. The first-order valence-electron chi connectivity index (χ1n) is 11.5. The summed E-state index contributed by atoms with van der Waals surface area (Å²) in [5, 5.41) is 16.4. The van der Waals surface area contributed by atoms with Crippen molar-refractivity contribution in [3.05, 3.63) is 0 Å². The first-order chi connectivity index (χ1) is 13.7. The van der Waals surface area contributed by atoms with Crippen LogP contribution in [0.25, 0.3) is 0 Å². The quantitative estimate of drug-likeness (QED) is 0.377. The van der Waals surface area contributed by atoms with E-state index in [-0.39, 0.29) is 0 Å². The molecule has 0 saturated heterocycles. The molecule has 0 radical (unpaired) electrons. The first-order valence-corrected chi connectivity index (χ1v) is 11.5. The molecular weight excluding hydrogens is 368 g/mol. The highest BCUT2D eigenvalue weighted by molar-refractivity contribution is 5.66. The molecule has 0 aliphatic heterocycles. The van der Waals surface area contributed by atoms with Crippen molar-refractivity contribution >= 4 is 11.9 Å². The van der Waals surface area contributed by atoms with Gasteiger partial charge in [-0.1, -0.05) is 73.6 Å². The number of carboxylic acids is 2. The number of hydrogen-bond acceptors (Lipinski definition) is 4. The molecule has 6 heteroatoms. The van der Waals surface area contributed by atoms with E-state index in [2.05, 4.69) is 65.4 Å². The number of aliphatic carboxylic acids is 2. The molecule has 0 aromatic heterocycles. The van der Waals surface area contributed by atoms with Gasteiger partial charge in [-0.3, -0.25) is 9.59 Å². The molecule has 0 fully saturated rings. The molecule has 6 nitrogen and oxygen atoms in total. The van der Waals surface area contributed by atoms with Crippen LogP contribution in [0.1, 0.15) is 99.3 Å². The lowest BCUT2D eigenvalue weighted by Crippen LogP contribution is -2.15. The second kappa shape index (κ2) is 31.6. The van der Waals surface area contributed by atoms with E-state index in [1.54, 1.807) is 0 Å². The Morgan fingerprint density at radius 3 is 1.03 bits per heavy atom. The minimum atomic E-state index is -0.682. The number of nitrogens with zero attached hydrogens (tertiary/aromatic N) is 2. The van der Waals surface area contributed by atoms with E-state index in [0.29, 0.717) is 12.8 Å². The number of carbonyl (C=O) groups is 2. The number of hydrogen-bond donors (Lipinski definition) is 2. The van der Waals surface area contributed by atoms with E-state index in [4.69, 9.17) is 10.2 Å². The molecule has 0 rings (SSSR count). The summed E-state index contributed by atoms with van der Waals surface area (Å²) in [7, 11) is 4.22. The predicted octanol–water partition coefficient (Wildman–Crippen LogP) is 5.61. The van der Waals surface area contributed by atoms with E-state index < -0.39 is 11.9 Å². The second-order valence-corrected chi connectivity index (χ2v) is 7.03. The molecule has 0 aliphatic carbocycles. The molecule has 0 aliphatic rings. The zero-order valence-corrected chi connectivity index (χ0v) is 20.8. The minimum absolute atomic E-state index is 0.327. The molecule has 0 amide bonds. The maximum absolute atomic E-state index is 9.96. The van der Waals surface area contributed by atoms with Crippen LogP contribution >= 0.6 is 0 Å². The molecule has 0 spiro atoms. The van der Waals surface area contributed by atoms with Gasteiger partial charge in [0.2, 0.25) is 0 Å². The van der Waals surface area contributed by atoms with Gasteiger partial charge in [-0.15, -0.1) is 0 Å². The van der Waals surface area contributed by atoms with Crippen molar-refractivity contribution in [2.75, 3.05) is 40.3 Å². The molecule has 0 bridgehead atoms. The van der Waals surface area contributed by atoms with Gasteiger partial charge in [-0.25, -0.2) is 0 Å². The highest BCUT2D eigenvalue weighted by Crippen LogP contribution is 2.01. The fourth-order valence-corrected chi connectivity index (χ4v) is 1.68. The minimum Gasteiger partial charge on any atom is -0.481 e. The van der Waals surface area contributed by atoms with Crippen LogP contribution in [0.2, 0.25) is 0 Å². The van der Waals surface area contributed by atoms with E-state index in [1.807, 2.05) is 0 Å². The highest BCUT2D eigenvalue weighted by atomic mass is 16.4. The molecule has 29 heavy (non-hydrogen) atoms. The fourth-order valence-electron chi connectivity index (χ4n) is 1.68. The summed E-state index contributed by atoms with van der Waals surface area (Å²) in [4.78, 5) is 24.3. The Bertz CT molecular complexity index is 308. The highest BCUT2D eigenvalue weighted by Gasteiger charge is 1.94. The van der Waals surface area contributed by atoms with Gasteiger partial charge in [-0.05, 0) is 53.1 Å². The van der Waals surface area contributed by atoms with Gasteiger partial charge in [0.25, 0.3) is 0 Å². The summed E-state index contributed by atoms with van der Waals surface area (Å²) in [5.41, 5.74) is 0. The van der Waals surface area contributed by atoms with E-state index in [1.165, 1.54) is 6.42 Å². The van der Waals surface area contributed by atoms with Crippen molar-refractivity contribution in [1.29, 1.82) is 0 Å². The van der Waals surface area contributed by atoms with Crippen molar-refractivity contribution < 1.29 is 19.8 Å². The third-order valence-electron chi connectivity index (χ3n) is 4.40. The maximum Gasteiger partial charge on any atom is 0.303 e. The summed E-state index contributed by atoms with van der Waals surface area (Å²) >= 11 is 0. The van der Waals surface area contributed by atoms with Crippen LogP contribution in [-0.2, 0) is 9.59 Å². The van der Waals surface area contributed by atoms with Crippen LogP contribution in [0.4, 0.5) is 0 Å². The van der Waals surface area contributed by atoms with Crippen molar-refractivity contribution in [3.63, 3.8) is 0 Å². The number of unbranched alkanes of at least 4 members (excludes halogenated alkanes) is 5. The number of carboxylic acid groups (broad SMARTS) is 2. The Kier molecular flexibility index (Phi) is 38.4. The maximum atomic E-state index is 9.96. The molecule has 0 atom stereocenters. The smallest absolute Gasteiger partial charge is 0.303 e. The first kappa shape index (κ1) is 35.3. The Morgan fingerprint density at radius 2 is 0.828 bits per heavy atom. The van der Waals surface area contributed by atoms with Crippen LogP contribution in [0.5, 0.6) is 0 Å². The van der Waals surface area contributed by atoms with Crippen molar-refractivity contribution in [1.82, 2.24) is 9.80 Å². The summed E-state index contributed by atoms with van der Waals surface area (Å²) < 4.78 is 0. The lowest BCUT2D eigenvalue weighted by Gasteiger charge is -2.07. The van der Waals surface area contributed by atoms with Crippen LogP contribution < -0.4 is 0 Å². The van der Waals surface area contributed by atoms with E-state index in [0.717, 1.165) is 64.7 Å². The topological polar surface area (TPSA) is 81.1 Å². The monoisotopic (exact) mass is 420 g/mol.